The minimum Gasteiger partial charge on any atom is -0.433 e. The van der Waals surface area contributed by atoms with Crippen LogP contribution in [0.4, 0.5) is 14.5 Å². The summed E-state index contributed by atoms with van der Waals surface area (Å²) in [5, 5.41) is 5.52. The summed E-state index contributed by atoms with van der Waals surface area (Å²) >= 11 is 7.60. The Kier molecular flexibility index (Phi) is 5.20. The first-order valence-corrected chi connectivity index (χ1v) is 7.40. The first-order chi connectivity index (χ1) is 9.60. The lowest BCUT2D eigenvalue weighted by Gasteiger charge is -2.17. The molecular formula is C14H14ClF2NOS. The maximum atomic E-state index is 12.2. The number of nitrogens with one attached hydrogen (secondary N) is 1. The second-order valence-corrected chi connectivity index (χ2v) is 5.53. The van der Waals surface area contributed by atoms with Crippen molar-refractivity contribution in [1.29, 1.82) is 0 Å². The molecule has 1 N–H and O–H groups in total. The minimum atomic E-state index is -2.87. The Balaban J connectivity index is 2.11. The van der Waals surface area contributed by atoms with Gasteiger partial charge in [0, 0.05) is 10.6 Å². The molecule has 0 bridgehead atoms. The maximum Gasteiger partial charge on any atom is 0.387 e. The van der Waals surface area contributed by atoms with Crippen LogP contribution in [-0.4, -0.2) is 6.61 Å². The lowest BCUT2D eigenvalue weighted by Crippen LogP contribution is -2.08. The summed E-state index contributed by atoms with van der Waals surface area (Å²) in [6.07, 6.45) is 0.910. The average molecular weight is 318 g/mol. The van der Waals surface area contributed by atoms with Gasteiger partial charge < -0.3 is 10.1 Å². The number of hydrogen-bond acceptors (Lipinski definition) is 3. The monoisotopic (exact) mass is 317 g/mol. The van der Waals surface area contributed by atoms with Gasteiger partial charge in [0.05, 0.1) is 11.1 Å². The molecule has 108 valence electrons. The minimum absolute atomic E-state index is 0.0172. The van der Waals surface area contributed by atoms with Crippen LogP contribution in [0.2, 0.25) is 5.02 Å². The molecule has 2 nitrogen and oxygen atoms in total. The molecular weight excluding hydrogens is 304 g/mol. The standard InChI is InChI=1S/C14H14ClF2NOS/c1-2-11(13-4-3-7-20-13)18-9-5-6-12(10(15)8-9)19-14(16)17/h3-8,11,14,18H,2H2,1H3. The summed E-state index contributed by atoms with van der Waals surface area (Å²) in [4.78, 5) is 1.22. The van der Waals surface area contributed by atoms with Crippen LogP contribution in [0, 0.1) is 0 Å². The molecule has 0 amide bonds. The van der Waals surface area contributed by atoms with Gasteiger partial charge in [-0.25, -0.2) is 0 Å². The zero-order chi connectivity index (χ0) is 14.5. The van der Waals surface area contributed by atoms with E-state index in [-0.39, 0.29) is 16.8 Å². The smallest absolute Gasteiger partial charge is 0.387 e. The number of hydrogen-bond donors (Lipinski definition) is 1. The van der Waals surface area contributed by atoms with E-state index in [4.69, 9.17) is 11.6 Å². The van der Waals surface area contributed by atoms with E-state index >= 15 is 0 Å². The van der Waals surface area contributed by atoms with Crippen molar-refractivity contribution in [2.45, 2.75) is 26.0 Å². The molecule has 1 unspecified atom stereocenters. The van der Waals surface area contributed by atoms with E-state index in [1.165, 1.54) is 10.9 Å². The van der Waals surface area contributed by atoms with Crippen LogP contribution in [0.25, 0.3) is 0 Å². The van der Waals surface area contributed by atoms with E-state index in [1.54, 1.807) is 23.5 Å². The molecule has 2 rings (SSSR count). The highest BCUT2D eigenvalue weighted by Gasteiger charge is 2.12. The normalized spacial score (nSPS) is 12.4. The van der Waals surface area contributed by atoms with Crippen LogP contribution in [0.1, 0.15) is 24.3 Å². The van der Waals surface area contributed by atoms with Crippen molar-refractivity contribution in [3.63, 3.8) is 0 Å². The molecule has 2 aromatic rings. The molecule has 20 heavy (non-hydrogen) atoms. The molecule has 1 heterocycles. The number of benzene rings is 1. The lowest BCUT2D eigenvalue weighted by atomic mass is 10.1. The fourth-order valence-corrected chi connectivity index (χ4v) is 2.93. The summed E-state index contributed by atoms with van der Waals surface area (Å²) in [6, 6.07) is 8.94. The van der Waals surface area contributed by atoms with E-state index in [1.807, 2.05) is 11.4 Å². The molecule has 1 aromatic carbocycles. The van der Waals surface area contributed by atoms with Gasteiger partial charge in [-0.15, -0.1) is 11.3 Å². The van der Waals surface area contributed by atoms with E-state index < -0.39 is 6.61 Å². The zero-order valence-electron chi connectivity index (χ0n) is 10.8. The van der Waals surface area contributed by atoms with Crippen LogP contribution in [0.5, 0.6) is 5.75 Å². The molecule has 0 aliphatic rings. The summed E-state index contributed by atoms with van der Waals surface area (Å²) in [5.74, 6) is -0.0172. The van der Waals surface area contributed by atoms with Gasteiger partial charge in [0.1, 0.15) is 5.75 Å². The Morgan fingerprint density at radius 1 is 1.35 bits per heavy atom. The Morgan fingerprint density at radius 3 is 2.70 bits per heavy atom. The van der Waals surface area contributed by atoms with Gasteiger partial charge in [-0.1, -0.05) is 24.6 Å². The quantitative estimate of drug-likeness (QED) is 0.752. The number of alkyl halides is 2. The van der Waals surface area contributed by atoms with Gasteiger partial charge >= 0.3 is 6.61 Å². The molecule has 0 saturated carbocycles. The Bertz CT molecular complexity index is 548. The van der Waals surface area contributed by atoms with Gasteiger partial charge in [0.25, 0.3) is 0 Å². The molecule has 0 fully saturated rings. The topological polar surface area (TPSA) is 21.3 Å². The highest BCUT2D eigenvalue weighted by Crippen LogP contribution is 2.32. The van der Waals surface area contributed by atoms with Crippen molar-refractivity contribution in [1.82, 2.24) is 0 Å². The summed E-state index contributed by atoms with van der Waals surface area (Å²) in [5.41, 5.74) is 0.775. The first-order valence-electron chi connectivity index (χ1n) is 6.14. The lowest BCUT2D eigenvalue weighted by molar-refractivity contribution is -0.0497. The van der Waals surface area contributed by atoms with E-state index in [0.717, 1.165) is 12.1 Å². The molecule has 0 radical (unpaired) electrons. The van der Waals surface area contributed by atoms with Gasteiger partial charge in [-0.2, -0.15) is 8.78 Å². The van der Waals surface area contributed by atoms with Crippen molar-refractivity contribution in [3.05, 3.63) is 45.6 Å². The first kappa shape index (κ1) is 15.1. The van der Waals surface area contributed by atoms with Crippen LogP contribution in [0.3, 0.4) is 0 Å². The third kappa shape index (κ3) is 3.84. The predicted octanol–water partition coefficient (Wildman–Crippen LogP) is 5.57. The second kappa shape index (κ2) is 6.90. The zero-order valence-corrected chi connectivity index (χ0v) is 12.3. The van der Waals surface area contributed by atoms with Gasteiger partial charge in [-0.05, 0) is 36.1 Å². The third-order valence-corrected chi connectivity index (χ3v) is 4.07. The number of ether oxygens (including phenoxy) is 1. The predicted molar refractivity (Wildman–Crippen MR) is 79.1 cm³/mol. The summed E-state index contributed by atoms with van der Waals surface area (Å²) in [7, 11) is 0. The number of halogens is 3. The Morgan fingerprint density at radius 2 is 2.15 bits per heavy atom. The molecule has 0 spiro atoms. The largest absolute Gasteiger partial charge is 0.433 e. The third-order valence-electron chi connectivity index (χ3n) is 2.78. The number of anilines is 1. The molecule has 0 aliphatic heterocycles. The maximum absolute atomic E-state index is 12.2. The highest BCUT2D eigenvalue weighted by molar-refractivity contribution is 7.10. The van der Waals surface area contributed by atoms with E-state index in [0.29, 0.717) is 0 Å². The van der Waals surface area contributed by atoms with Crippen molar-refractivity contribution in [2.75, 3.05) is 5.32 Å². The molecule has 1 atom stereocenters. The number of thiophene rings is 1. The molecule has 0 aliphatic carbocycles. The summed E-state index contributed by atoms with van der Waals surface area (Å²) in [6.45, 7) is -0.798. The fraction of sp³-hybridized carbons (Fsp3) is 0.286. The van der Waals surface area contributed by atoms with Crippen molar-refractivity contribution >= 4 is 28.6 Å². The second-order valence-electron chi connectivity index (χ2n) is 4.14. The SMILES string of the molecule is CCC(Nc1ccc(OC(F)F)c(Cl)c1)c1cccs1. The average Bonchev–Trinajstić information content (AvgIpc) is 2.92. The molecule has 6 heteroatoms. The van der Waals surface area contributed by atoms with Crippen molar-refractivity contribution in [3.8, 4) is 5.75 Å². The fourth-order valence-electron chi connectivity index (χ4n) is 1.85. The van der Waals surface area contributed by atoms with Crippen LogP contribution in [0.15, 0.2) is 35.7 Å². The van der Waals surface area contributed by atoms with E-state index in [2.05, 4.69) is 23.0 Å². The Labute approximate surface area is 125 Å². The highest BCUT2D eigenvalue weighted by atomic mass is 35.5. The van der Waals surface area contributed by atoms with E-state index in [9.17, 15) is 8.78 Å². The van der Waals surface area contributed by atoms with Crippen molar-refractivity contribution in [2.24, 2.45) is 0 Å². The van der Waals surface area contributed by atoms with Crippen LogP contribution < -0.4 is 10.1 Å². The van der Waals surface area contributed by atoms with Crippen LogP contribution >= 0.6 is 22.9 Å². The van der Waals surface area contributed by atoms with Crippen molar-refractivity contribution < 1.29 is 13.5 Å². The number of rotatable bonds is 6. The van der Waals surface area contributed by atoms with Gasteiger partial charge in [0.15, 0.2) is 0 Å². The summed E-state index contributed by atoms with van der Waals surface area (Å²) < 4.78 is 28.6. The Hall–Kier alpha value is -1.33. The van der Waals surface area contributed by atoms with Gasteiger partial charge in [-0.3, -0.25) is 0 Å². The van der Waals surface area contributed by atoms with Gasteiger partial charge in [0.2, 0.25) is 0 Å². The molecule has 1 aromatic heterocycles. The van der Waals surface area contributed by atoms with Crippen LogP contribution in [-0.2, 0) is 0 Å². The molecule has 0 saturated heterocycles.